The van der Waals surface area contributed by atoms with Gasteiger partial charge in [0.25, 0.3) is 0 Å². The monoisotopic (exact) mass is 472 g/mol. The van der Waals surface area contributed by atoms with Gasteiger partial charge in [-0.05, 0) is 51.5 Å². The number of piperazine rings is 1. The summed E-state index contributed by atoms with van der Waals surface area (Å²) in [6.45, 7) is 8.24. The Hall–Kier alpha value is -2.61. The Labute approximate surface area is 201 Å². The van der Waals surface area contributed by atoms with Gasteiger partial charge in [-0.1, -0.05) is 30.3 Å². The van der Waals surface area contributed by atoms with Gasteiger partial charge < -0.3 is 24.0 Å². The normalized spacial score (nSPS) is 26.8. The fourth-order valence-electron chi connectivity index (χ4n) is 5.46. The molecule has 0 bridgehead atoms. The number of ether oxygens (including phenoxy) is 3. The Morgan fingerprint density at radius 3 is 2.41 bits per heavy atom. The van der Waals surface area contributed by atoms with Crippen molar-refractivity contribution >= 4 is 18.0 Å². The van der Waals surface area contributed by atoms with Crippen LogP contribution in [0.4, 0.5) is 4.79 Å². The predicted molar refractivity (Wildman–Crippen MR) is 125 cm³/mol. The van der Waals surface area contributed by atoms with Gasteiger partial charge in [0.2, 0.25) is 5.91 Å². The first kappa shape index (κ1) is 24.5. The summed E-state index contributed by atoms with van der Waals surface area (Å²) in [6.07, 6.45) is 1.84. The minimum absolute atomic E-state index is 0.0818. The quantitative estimate of drug-likeness (QED) is 0.611. The molecule has 0 radical (unpaired) electrons. The molecule has 0 N–H and O–H groups in total. The van der Waals surface area contributed by atoms with Crippen molar-refractivity contribution in [2.75, 3.05) is 32.8 Å². The third-order valence-corrected chi connectivity index (χ3v) is 7.02. The van der Waals surface area contributed by atoms with E-state index in [1.54, 1.807) is 4.90 Å². The SMILES string of the molecule is CC(C)(C)OC(=O)C[C@@H]1C[C@H]2OCC[C@@]2(C(=O)N2CCN(C(=O)OCc3ccccc3)CC2)C1. The molecule has 2 heterocycles. The summed E-state index contributed by atoms with van der Waals surface area (Å²) in [5.74, 6) is -0.0416. The molecule has 3 atom stereocenters. The van der Waals surface area contributed by atoms with Crippen molar-refractivity contribution in [2.45, 2.75) is 64.8 Å². The Balaban J connectivity index is 1.29. The lowest BCUT2D eigenvalue weighted by Gasteiger charge is -2.39. The average molecular weight is 473 g/mol. The fraction of sp³-hybridized carbons (Fsp3) is 0.654. The molecule has 8 heteroatoms. The highest BCUT2D eigenvalue weighted by Gasteiger charge is 2.57. The molecular weight excluding hydrogens is 436 g/mol. The molecule has 34 heavy (non-hydrogen) atoms. The van der Waals surface area contributed by atoms with E-state index in [9.17, 15) is 14.4 Å². The minimum Gasteiger partial charge on any atom is -0.460 e. The minimum atomic E-state index is -0.567. The third kappa shape index (κ3) is 5.54. The van der Waals surface area contributed by atoms with Gasteiger partial charge in [0.15, 0.2) is 0 Å². The van der Waals surface area contributed by atoms with Gasteiger partial charge in [-0.3, -0.25) is 9.59 Å². The largest absolute Gasteiger partial charge is 0.460 e. The number of nitrogens with zero attached hydrogens (tertiary/aromatic N) is 2. The molecule has 3 aliphatic rings. The molecule has 1 aromatic carbocycles. The summed E-state index contributed by atoms with van der Waals surface area (Å²) in [4.78, 5) is 42.0. The Morgan fingerprint density at radius 1 is 1.06 bits per heavy atom. The highest BCUT2D eigenvalue weighted by atomic mass is 16.6. The summed E-state index contributed by atoms with van der Waals surface area (Å²) in [5.41, 5.74) is -0.140. The number of carbonyl (C=O) groups excluding carboxylic acids is 3. The van der Waals surface area contributed by atoms with Gasteiger partial charge in [-0.2, -0.15) is 0 Å². The number of esters is 1. The molecule has 0 spiro atoms. The smallest absolute Gasteiger partial charge is 0.410 e. The second kappa shape index (κ2) is 9.94. The molecule has 2 aliphatic heterocycles. The standard InChI is InChI=1S/C26H36N2O6/c1-25(2,3)34-22(29)16-20-15-21-26(17-20,9-14-32-21)23(30)27-10-12-28(13-11-27)24(31)33-18-19-7-5-4-6-8-19/h4-8,20-21H,9-18H2,1-3H3/t20-,21+,26+/m0/s1. The second-order valence-electron chi connectivity index (χ2n) is 10.7. The lowest BCUT2D eigenvalue weighted by molar-refractivity contribution is -0.156. The van der Waals surface area contributed by atoms with Crippen LogP contribution in [0.25, 0.3) is 0 Å². The topological polar surface area (TPSA) is 85.4 Å². The maximum Gasteiger partial charge on any atom is 0.410 e. The first-order chi connectivity index (χ1) is 16.2. The number of hydrogen-bond acceptors (Lipinski definition) is 6. The van der Waals surface area contributed by atoms with E-state index in [4.69, 9.17) is 14.2 Å². The Kier molecular flexibility index (Phi) is 7.17. The van der Waals surface area contributed by atoms with Crippen LogP contribution in [0.15, 0.2) is 30.3 Å². The molecule has 2 saturated heterocycles. The van der Waals surface area contributed by atoms with Crippen molar-refractivity contribution in [3.05, 3.63) is 35.9 Å². The highest BCUT2D eigenvalue weighted by Crippen LogP contribution is 2.52. The molecule has 3 fully saturated rings. The number of carbonyl (C=O) groups is 3. The zero-order valence-corrected chi connectivity index (χ0v) is 20.5. The molecular formula is C26H36N2O6. The van der Waals surface area contributed by atoms with Crippen molar-refractivity contribution in [1.29, 1.82) is 0 Å². The van der Waals surface area contributed by atoms with Crippen molar-refractivity contribution in [3.63, 3.8) is 0 Å². The van der Waals surface area contributed by atoms with Crippen LogP contribution in [0.5, 0.6) is 0 Å². The van der Waals surface area contributed by atoms with Crippen LogP contribution in [0.3, 0.4) is 0 Å². The van der Waals surface area contributed by atoms with Gasteiger partial charge in [-0.15, -0.1) is 0 Å². The van der Waals surface area contributed by atoms with Crippen LogP contribution in [-0.4, -0.2) is 72.3 Å². The van der Waals surface area contributed by atoms with E-state index in [0.717, 1.165) is 5.56 Å². The molecule has 1 aromatic rings. The third-order valence-electron chi connectivity index (χ3n) is 7.02. The predicted octanol–water partition coefficient (Wildman–Crippen LogP) is 3.38. The van der Waals surface area contributed by atoms with Crippen LogP contribution in [0.1, 0.15) is 52.0 Å². The van der Waals surface area contributed by atoms with Crippen LogP contribution < -0.4 is 0 Å². The number of benzene rings is 1. The number of fused-ring (bicyclic) bond motifs is 1. The first-order valence-electron chi connectivity index (χ1n) is 12.2. The Morgan fingerprint density at radius 2 is 1.74 bits per heavy atom. The highest BCUT2D eigenvalue weighted by molar-refractivity contribution is 5.85. The summed E-state index contributed by atoms with van der Waals surface area (Å²) in [6, 6.07) is 9.58. The van der Waals surface area contributed by atoms with E-state index in [-0.39, 0.29) is 36.6 Å². The molecule has 4 rings (SSSR count). The van der Waals surface area contributed by atoms with Gasteiger partial charge in [-0.25, -0.2) is 4.79 Å². The molecule has 0 unspecified atom stereocenters. The number of amides is 2. The van der Waals surface area contributed by atoms with Crippen LogP contribution in [0.2, 0.25) is 0 Å². The zero-order valence-electron chi connectivity index (χ0n) is 20.5. The Bertz CT molecular complexity index is 890. The van der Waals surface area contributed by atoms with E-state index in [1.165, 1.54) is 0 Å². The summed E-state index contributed by atoms with van der Waals surface area (Å²) in [5, 5.41) is 0. The van der Waals surface area contributed by atoms with E-state index < -0.39 is 11.0 Å². The van der Waals surface area contributed by atoms with E-state index in [1.807, 2.05) is 56.0 Å². The van der Waals surface area contributed by atoms with Gasteiger partial charge in [0, 0.05) is 39.2 Å². The summed E-state index contributed by atoms with van der Waals surface area (Å²) < 4.78 is 16.9. The van der Waals surface area contributed by atoms with Crippen LogP contribution >= 0.6 is 0 Å². The van der Waals surface area contributed by atoms with Crippen molar-refractivity contribution in [3.8, 4) is 0 Å². The zero-order chi connectivity index (χ0) is 24.3. The van der Waals surface area contributed by atoms with Crippen LogP contribution in [-0.2, 0) is 30.4 Å². The maximum absolute atomic E-state index is 13.6. The molecule has 1 saturated carbocycles. The number of rotatable bonds is 5. The fourth-order valence-corrected chi connectivity index (χ4v) is 5.46. The molecule has 8 nitrogen and oxygen atoms in total. The number of hydrogen-bond donors (Lipinski definition) is 0. The second-order valence-corrected chi connectivity index (χ2v) is 10.7. The van der Waals surface area contributed by atoms with E-state index in [2.05, 4.69) is 0 Å². The first-order valence-corrected chi connectivity index (χ1v) is 12.2. The maximum atomic E-state index is 13.6. The van der Waals surface area contributed by atoms with E-state index in [0.29, 0.717) is 58.5 Å². The van der Waals surface area contributed by atoms with Crippen LogP contribution in [0, 0.1) is 11.3 Å². The van der Waals surface area contributed by atoms with Crippen molar-refractivity contribution in [1.82, 2.24) is 9.80 Å². The molecule has 186 valence electrons. The van der Waals surface area contributed by atoms with Crippen molar-refractivity contribution in [2.24, 2.45) is 11.3 Å². The van der Waals surface area contributed by atoms with Gasteiger partial charge in [0.05, 0.1) is 11.5 Å². The lowest BCUT2D eigenvalue weighted by Crippen LogP contribution is -2.55. The molecule has 2 amide bonds. The van der Waals surface area contributed by atoms with Crippen molar-refractivity contribution < 1.29 is 28.6 Å². The summed E-state index contributed by atoms with van der Waals surface area (Å²) in [7, 11) is 0. The average Bonchev–Trinajstić information content (AvgIpc) is 3.34. The lowest BCUT2D eigenvalue weighted by atomic mass is 9.80. The molecule has 1 aliphatic carbocycles. The summed E-state index contributed by atoms with van der Waals surface area (Å²) >= 11 is 0. The van der Waals surface area contributed by atoms with E-state index >= 15 is 0 Å². The van der Waals surface area contributed by atoms with Gasteiger partial charge >= 0.3 is 12.1 Å². The molecule has 0 aromatic heterocycles. The van der Waals surface area contributed by atoms with Gasteiger partial charge in [0.1, 0.15) is 12.2 Å².